The van der Waals surface area contributed by atoms with Crippen molar-refractivity contribution in [3.05, 3.63) is 59.4 Å². The molecule has 0 spiro atoms. The first-order valence-corrected chi connectivity index (χ1v) is 6.08. The number of aliphatic hydroxyl groups is 1. The van der Waals surface area contributed by atoms with Gasteiger partial charge in [0.15, 0.2) is 6.10 Å². The zero-order chi connectivity index (χ0) is 16.5. The lowest BCUT2D eigenvalue weighted by Gasteiger charge is -2.19. The molecule has 0 aromatic heterocycles. The summed E-state index contributed by atoms with van der Waals surface area (Å²) >= 11 is 0. The van der Waals surface area contributed by atoms with Crippen LogP contribution in [-0.2, 0) is 11.0 Å². The first-order valence-electron chi connectivity index (χ1n) is 6.08. The van der Waals surface area contributed by atoms with Crippen molar-refractivity contribution in [1.82, 2.24) is 0 Å². The van der Waals surface area contributed by atoms with E-state index in [4.69, 9.17) is 5.11 Å². The lowest BCUT2D eigenvalue weighted by Crippen LogP contribution is -2.18. The number of rotatable bonds is 3. The lowest BCUT2D eigenvalue weighted by molar-refractivity contribution is -0.149. The fraction of sp³-hybridized carbons (Fsp3) is 0.133. The fourth-order valence-electron chi connectivity index (χ4n) is 2.14. The van der Waals surface area contributed by atoms with Gasteiger partial charge in [0, 0.05) is 5.56 Å². The molecule has 22 heavy (non-hydrogen) atoms. The Morgan fingerprint density at radius 3 is 2.27 bits per heavy atom. The molecule has 1 unspecified atom stereocenters. The van der Waals surface area contributed by atoms with E-state index in [0.29, 0.717) is 6.07 Å². The molecule has 2 aromatic carbocycles. The predicted molar refractivity (Wildman–Crippen MR) is 69.4 cm³/mol. The number of halogens is 4. The molecule has 0 aliphatic carbocycles. The summed E-state index contributed by atoms with van der Waals surface area (Å²) in [5, 5.41) is 18.5. The minimum atomic E-state index is -4.85. The van der Waals surface area contributed by atoms with Gasteiger partial charge in [-0.3, -0.25) is 0 Å². The van der Waals surface area contributed by atoms with Crippen LogP contribution in [0.15, 0.2) is 42.5 Å². The van der Waals surface area contributed by atoms with Gasteiger partial charge in [0.1, 0.15) is 5.82 Å². The van der Waals surface area contributed by atoms with Crippen molar-refractivity contribution in [3.8, 4) is 11.1 Å². The first kappa shape index (κ1) is 16.0. The summed E-state index contributed by atoms with van der Waals surface area (Å²) in [6, 6.07) is 7.62. The molecule has 0 aliphatic rings. The van der Waals surface area contributed by atoms with Crippen LogP contribution in [0, 0.1) is 5.82 Å². The Kier molecular flexibility index (Phi) is 4.18. The molecule has 116 valence electrons. The number of carbonyl (C=O) groups is 1. The smallest absolute Gasteiger partial charge is 0.416 e. The minimum absolute atomic E-state index is 0.0430. The highest BCUT2D eigenvalue weighted by Gasteiger charge is 2.38. The van der Waals surface area contributed by atoms with Gasteiger partial charge in [0.25, 0.3) is 0 Å². The average molecular weight is 314 g/mol. The SMILES string of the molecule is O=C(O)C(O)c1c(-c2cccc(F)c2)cccc1C(F)(F)F. The van der Waals surface area contributed by atoms with Crippen molar-refractivity contribution in [2.75, 3.05) is 0 Å². The largest absolute Gasteiger partial charge is 0.479 e. The number of carboxylic acids is 1. The molecule has 7 heteroatoms. The Morgan fingerprint density at radius 2 is 1.73 bits per heavy atom. The summed E-state index contributed by atoms with van der Waals surface area (Å²) in [4.78, 5) is 10.9. The molecule has 0 saturated heterocycles. The zero-order valence-corrected chi connectivity index (χ0v) is 10.9. The average Bonchev–Trinajstić information content (AvgIpc) is 2.44. The maximum absolute atomic E-state index is 13.3. The van der Waals surface area contributed by atoms with E-state index in [1.54, 1.807) is 0 Å². The topological polar surface area (TPSA) is 57.5 Å². The quantitative estimate of drug-likeness (QED) is 0.851. The molecule has 0 bridgehead atoms. The summed E-state index contributed by atoms with van der Waals surface area (Å²) in [6.07, 6.45) is -7.23. The highest BCUT2D eigenvalue weighted by Crippen LogP contribution is 2.40. The fourth-order valence-corrected chi connectivity index (χ4v) is 2.14. The number of hydrogen-bond acceptors (Lipinski definition) is 2. The second kappa shape index (κ2) is 5.76. The monoisotopic (exact) mass is 314 g/mol. The van der Waals surface area contributed by atoms with Crippen LogP contribution in [-0.4, -0.2) is 16.2 Å². The Bertz CT molecular complexity index is 710. The molecule has 0 aliphatic heterocycles. The van der Waals surface area contributed by atoms with E-state index in [2.05, 4.69) is 0 Å². The molecule has 0 radical (unpaired) electrons. The second-order valence-electron chi connectivity index (χ2n) is 4.52. The molecule has 2 rings (SSSR count). The third kappa shape index (κ3) is 3.09. The minimum Gasteiger partial charge on any atom is -0.479 e. The van der Waals surface area contributed by atoms with Crippen LogP contribution in [0.4, 0.5) is 17.6 Å². The van der Waals surface area contributed by atoms with Gasteiger partial charge in [-0.2, -0.15) is 13.2 Å². The maximum atomic E-state index is 13.3. The molecule has 1 atom stereocenters. The van der Waals surface area contributed by atoms with Crippen LogP contribution in [0.3, 0.4) is 0 Å². The van der Waals surface area contributed by atoms with Crippen LogP contribution in [0.1, 0.15) is 17.2 Å². The summed E-state index contributed by atoms with van der Waals surface area (Å²) in [5.41, 5.74) is -2.23. The van der Waals surface area contributed by atoms with E-state index in [-0.39, 0.29) is 11.1 Å². The molecule has 3 nitrogen and oxygen atoms in total. The van der Waals surface area contributed by atoms with Gasteiger partial charge in [-0.25, -0.2) is 9.18 Å². The van der Waals surface area contributed by atoms with E-state index in [0.717, 1.165) is 18.2 Å². The molecule has 0 saturated carbocycles. The number of carboxylic acid groups (broad SMARTS) is 1. The molecule has 2 N–H and O–H groups in total. The highest BCUT2D eigenvalue weighted by atomic mass is 19.4. The Labute approximate surface area is 122 Å². The number of alkyl halides is 3. The Morgan fingerprint density at radius 1 is 1.09 bits per heavy atom. The van der Waals surface area contributed by atoms with Gasteiger partial charge >= 0.3 is 12.1 Å². The van der Waals surface area contributed by atoms with E-state index >= 15 is 0 Å². The Hall–Kier alpha value is -2.41. The van der Waals surface area contributed by atoms with Crippen molar-refractivity contribution in [1.29, 1.82) is 0 Å². The molecular formula is C15H10F4O3. The van der Waals surface area contributed by atoms with Gasteiger partial charge in [-0.1, -0.05) is 24.3 Å². The summed E-state index contributed by atoms with van der Waals surface area (Å²) in [5.74, 6) is -2.51. The van der Waals surface area contributed by atoms with Gasteiger partial charge in [-0.15, -0.1) is 0 Å². The van der Waals surface area contributed by atoms with Crippen molar-refractivity contribution < 1.29 is 32.6 Å². The van der Waals surface area contributed by atoms with E-state index in [9.17, 15) is 27.5 Å². The van der Waals surface area contributed by atoms with Crippen LogP contribution >= 0.6 is 0 Å². The lowest BCUT2D eigenvalue weighted by atomic mass is 9.91. The zero-order valence-electron chi connectivity index (χ0n) is 10.9. The number of aliphatic carboxylic acids is 1. The van der Waals surface area contributed by atoms with Gasteiger partial charge < -0.3 is 10.2 Å². The maximum Gasteiger partial charge on any atom is 0.416 e. The van der Waals surface area contributed by atoms with Crippen molar-refractivity contribution in [2.45, 2.75) is 12.3 Å². The third-order valence-electron chi connectivity index (χ3n) is 3.05. The van der Waals surface area contributed by atoms with Crippen LogP contribution in [0.25, 0.3) is 11.1 Å². The van der Waals surface area contributed by atoms with Gasteiger partial charge in [0.05, 0.1) is 5.56 Å². The van der Waals surface area contributed by atoms with E-state index in [1.165, 1.54) is 18.2 Å². The number of aliphatic hydroxyl groups excluding tert-OH is 1. The molecule has 0 amide bonds. The van der Waals surface area contributed by atoms with Crippen LogP contribution < -0.4 is 0 Å². The van der Waals surface area contributed by atoms with E-state index < -0.39 is 35.2 Å². The van der Waals surface area contributed by atoms with Crippen molar-refractivity contribution >= 4 is 5.97 Å². The third-order valence-corrected chi connectivity index (χ3v) is 3.05. The standard InChI is InChI=1S/C15H10F4O3/c16-9-4-1-3-8(7-9)10-5-2-6-11(15(17,18)19)12(10)13(20)14(21)22/h1-7,13,20H,(H,21,22). The summed E-state index contributed by atoms with van der Waals surface area (Å²) in [6.45, 7) is 0. The summed E-state index contributed by atoms with van der Waals surface area (Å²) in [7, 11) is 0. The van der Waals surface area contributed by atoms with Crippen LogP contribution in [0.5, 0.6) is 0 Å². The predicted octanol–water partition coefficient (Wildman–Crippen LogP) is 3.63. The normalized spacial score (nSPS) is 13.0. The molecule has 2 aromatic rings. The second-order valence-corrected chi connectivity index (χ2v) is 4.52. The number of benzene rings is 2. The first-order chi connectivity index (χ1) is 10.2. The van der Waals surface area contributed by atoms with Crippen molar-refractivity contribution in [3.63, 3.8) is 0 Å². The molecule has 0 heterocycles. The molecular weight excluding hydrogens is 304 g/mol. The van der Waals surface area contributed by atoms with Crippen molar-refractivity contribution in [2.24, 2.45) is 0 Å². The van der Waals surface area contributed by atoms with Crippen LogP contribution in [0.2, 0.25) is 0 Å². The van der Waals surface area contributed by atoms with Gasteiger partial charge in [0.2, 0.25) is 0 Å². The van der Waals surface area contributed by atoms with E-state index in [1.807, 2.05) is 0 Å². The highest BCUT2D eigenvalue weighted by molar-refractivity contribution is 5.80. The number of hydrogen-bond donors (Lipinski definition) is 2. The van der Waals surface area contributed by atoms with Gasteiger partial charge in [-0.05, 0) is 29.3 Å². The Balaban J connectivity index is 2.76. The molecule has 0 fully saturated rings. The summed E-state index contributed by atoms with van der Waals surface area (Å²) < 4.78 is 52.5.